The Morgan fingerprint density at radius 2 is 1.69 bits per heavy atom. The summed E-state index contributed by atoms with van der Waals surface area (Å²) in [5.74, 6) is -3.77. The zero-order valence-electron chi connectivity index (χ0n) is 21.3. The second-order valence-corrected chi connectivity index (χ2v) is 9.74. The van der Waals surface area contributed by atoms with E-state index in [0.29, 0.717) is 27.7 Å². The van der Waals surface area contributed by atoms with Crippen LogP contribution in [0.1, 0.15) is 42.1 Å². The molecule has 4 rings (SSSR count). The van der Waals surface area contributed by atoms with Gasteiger partial charge in [-0.05, 0) is 42.7 Å². The zero-order valence-corrected chi connectivity index (χ0v) is 22.1. The minimum absolute atomic E-state index is 0.0418. The summed E-state index contributed by atoms with van der Waals surface area (Å²) in [6, 6.07) is 17.0. The number of hydrogen-bond donors (Lipinski definition) is 2. The quantitative estimate of drug-likeness (QED) is 0.223. The van der Waals surface area contributed by atoms with E-state index in [1.165, 1.54) is 48.8 Å². The second-order valence-electron chi connectivity index (χ2n) is 9.34. The predicted molar refractivity (Wildman–Crippen MR) is 145 cm³/mol. The summed E-state index contributed by atoms with van der Waals surface area (Å²) in [7, 11) is 0. The lowest BCUT2D eigenvalue weighted by atomic mass is 9.98. The summed E-state index contributed by atoms with van der Waals surface area (Å²) in [5.41, 5.74) is 2.20. The van der Waals surface area contributed by atoms with Gasteiger partial charge >= 0.3 is 0 Å². The zero-order chi connectivity index (χ0) is 28.2. The molecule has 5 nitrogen and oxygen atoms in total. The molecule has 0 aliphatic heterocycles. The molecule has 202 valence electrons. The molecule has 9 heteroatoms. The maximum atomic E-state index is 15.1. The molecule has 0 saturated heterocycles. The van der Waals surface area contributed by atoms with Gasteiger partial charge in [-0.1, -0.05) is 66.2 Å². The van der Waals surface area contributed by atoms with Crippen LogP contribution in [-0.4, -0.2) is 27.0 Å². The lowest BCUT2D eigenvalue weighted by Gasteiger charge is -2.19. The highest BCUT2D eigenvalue weighted by molar-refractivity contribution is 6.31. The van der Waals surface area contributed by atoms with Crippen LogP contribution in [0.15, 0.2) is 79.1 Å². The Balaban J connectivity index is 1.46. The third-order valence-corrected chi connectivity index (χ3v) is 6.75. The summed E-state index contributed by atoms with van der Waals surface area (Å²) in [4.78, 5) is 21.4. The average Bonchev–Trinajstić information content (AvgIpc) is 2.90. The van der Waals surface area contributed by atoms with Crippen molar-refractivity contribution in [3.8, 4) is 11.3 Å². The van der Waals surface area contributed by atoms with Crippen LogP contribution < -0.4 is 5.32 Å². The Morgan fingerprint density at radius 3 is 2.36 bits per heavy atom. The Bertz CT molecular complexity index is 1460. The number of nitrogens with zero attached hydrogens (tertiary/aromatic N) is 2. The van der Waals surface area contributed by atoms with Crippen LogP contribution in [0.2, 0.25) is 5.02 Å². The van der Waals surface area contributed by atoms with Crippen LogP contribution >= 0.6 is 11.6 Å². The number of aromatic nitrogens is 2. The highest BCUT2D eigenvalue weighted by Crippen LogP contribution is 2.32. The number of rotatable bonds is 10. The summed E-state index contributed by atoms with van der Waals surface area (Å²) in [6.45, 7) is 2.95. The fraction of sp³-hybridized carbons (Fsp3) is 0.233. The van der Waals surface area contributed by atoms with Crippen LogP contribution in [0.3, 0.4) is 0 Å². The number of carbonyl (C=O) groups excluding carboxylic acids is 1. The minimum atomic E-state index is -3.39. The normalized spacial score (nSPS) is 13.1. The monoisotopic (exact) mass is 553 g/mol. The van der Waals surface area contributed by atoms with Gasteiger partial charge < -0.3 is 10.4 Å². The van der Waals surface area contributed by atoms with E-state index in [-0.39, 0.29) is 35.8 Å². The number of benzene rings is 3. The van der Waals surface area contributed by atoms with E-state index in [2.05, 4.69) is 15.3 Å². The van der Waals surface area contributed by atoms with Gasteiger partial charge in [0.05, 0.1) is 6.04 Å². The molecule has 0 aliphatic carbocycles. The molecule has 0 radical (unpaired) electrons. The number of aliphatic hydroxyl groups is 1. The fourth-order valence-electron chi connectivity index (χ4n) is 4.19. The number of hydrogen-bond acceptors (Lipinski definition) is 5. The van der Waals surface area contributed by atoms with Crippen molar-refractivity contribution >= 4 is 23.2 Å². The number of Topliss-reactive ketones (excluding diaryl/α,β-unsaturated/α-hetero) is 1. The summed E-state index contributed by atoms with van der Waals surface area (Å²) >= 11 is 6.32. The third-order valence-electron chi connectivity index (χ3n) is 6.40. The standard InChI is InChI=1S/C30H27ClF3N3O2/c1-18(25-5-3-4-6-26(25)31)37-29-28(35-13-14-36-29)22-10-9-21(27(32)17-22)16-24(39)15-20-7-11-23(12-8-20)30(33,34)19(2)38/h3-14,17-19,38H,15-16H2,1-2H3,(H,36,37)/t18-,19?/m0/s1. The van der Waals surface area contributed by atoms with E-state index in [1.807, 2.05) is 25.1 Å². The average molecular weight is 554 g/mol. The number of aliphatic hydroxyl groups excluding tert-OH is 1. The van der Waals surface area contributed by atoms with Crippen LogP contribution in [0.5, 0.6) is 0 Å². The second kappa shape index (κ2) is 12.0. The van der Waals surface area contributed by atoms with E-state index in [1.54, 1.807) is 12.1 Å². The lowest BCUT2D eigenvalue weighted by Crippen LogP contribution is -2.27. The van der Waals surface area contributed by atoms with E-state index in [4.69, 9.17) is 11.6 Å². The van der Waals surface area contributed by atoms with E-state index in [0.717, 1.165) is 12.5 Å². The first-order chi connectivity index (χ1) is 18.6. The van der Waals surface area contributed by atoms with Crippen molar-refractivity contribution in [2.24, 2.45) is 0 Å². The Labute approximate surface area is 229 Å². The molecule has 0 bridgehead atoms. The maximum absolute atomic E-state index is 15.1. The summed E-state index contributed by atoms with van der Waals surface area (Å²) in [6.07, 6.45) is 1.01. The number of anilines is 1. The summed E-state index contributed by atoms with van der Waals surface area (Å²) < 4.78 is 43.0. The lowest BCUT2D eigenvalue weighted by molar-refractivity contribution is -0.117. The number of carbonyl (C=O) groups is 1. The largest absolute Gasteiger partial charge is 0.387 e. The van der Waals surface area contributed by atoms with Gasteiger partial charge in [0, 0.05) is 41.4 Å². The molecule has 1 aromatic heterocycles. The van der Waals surface area contributed by atoms with Gasteiger partial charge in [0.1, 0.15) is 23.4 Å². The molecule has 0 saturated carbocycles. The van der Waals surface area contributed by atoms with Gasteiger partial charge in [0.25, 0.3) is 5.92 Å². The first-order valence-corrected chi connectivity index (χ1v) is 12.7. The molecule has 0 aliphatic rings. The minimum Gasteiger partial charge on any atom is -0.387 e. The van der Waals surface area contributed by atoms with Gasteiger partial charge in [-0.3, -0.25) is 9.78 Å². The molecule has 2 atom stereocenters. The van der Waals surface area contributed by atoms with Gasteiger partial charge in [-0.2, -0.15) is 8.78 Å². The molecule has 1 unspecified atom stereocenters. The molecule has 2 N–H and O–H groups in total. The van der Waals surface area contributed by atoms with Crippen LogP contribution in [-0.2, 0) is 23.6 Å². The van der Waals surface area contributed by atoms with Crippen molar-refractivity contribution in [2.75, 3.05) is 5.32 Å². The van der Waals surface area contributed by atoms with Crippen molar-refractivity contribution in [1.82, 2.24) is 9.97 Å². The van der Waals surface area contributed by atoms with Crippen molar-refractivity contribution in [3.63, 3.8) is 0 Å². The number of alkyl halides is 2. The molecule has 4 aromatic rings. The van der Waals surface area contributed by atoms with E-state index >= 15 is 4.39 Å². The Kier molecular flexibility index (Phi) is 8.67. The number of ketones is 1. The van der Waals surface area contributed by atoms with E-state index < -0.39 is 17.8 Å². The van der Waals surface area contributed by atoms with Crippen molar-refractivity contribution in [1.29, 1.82) is 0 Å². The molecular formula is C30H27ClF3N3O2. The molecule has 0 fully saturated rings. The summed E-state index contributed by atoms with van der Waals surface area (Å²) in [5, 5.41) is 13.2. The van der Waals surface area contributed by atoms with Crippen LogP contribution in [0, 0.1) is 5.82 Å². The Hall–Kier alpha value is -3.75. The number of halogens is 4. The molecule has 3 aromatic carbocycles. The van der Waals surface area contributed by atoms with Crippen LogP contribution in [0.4, 0.5) is 19.0 Å². The Morgan fingerprint density at radius 1 is 1.00 bits per heavy atom. The van der Waals surface area contributed by atoms with E-state index in [9.17, 15) is 18.7 Å². The van der Waals surface area contributed by atoms with Crippen molar-refractivity contribution < 1.29 is 23.1 Å². The van der Waals surface area contributed by atoms with Gasteiger partial charge in [0.15, 0.2) is 5.82 Å². The molecule has 0 amide bonds. The first kappa shape index (κ1) is 28.3. The fourth-order valence-corrected chi connectivity index (χ4v) is 4.49. The molecule has 0 spiro atoms. The van der Waals surface area contributed by atoms with Gasteiger partial charge in [-0.15, -0.1) is 0 Å². The van der Waals surface area contributed by atoms with Crippen molar-refractivity contribution in [3.05, 3.63) is 112 Å². The van der Waals surface area contributed by atoms with Gasteiger partial charge in [-0.25, -0.2) is 9.37 Å². The molecular weight excluding hydrogens is 527 g/mol. The van der Waals surface area contributed by atoms with Crippen molar-refractivity contribution in [2.45, 2.75) is 44.8 Å². The molecule has 39 heavy (non-hydrogen) atoms. The first-order valence-electron chi connectivity index (χ1n) is 12.3. The highest BCUT2D eigenvalue weighted by atomic mass is 35.5. The predicted octanol–water partition coefficient (Wildman–Crippen LogP) is 6.94. The topological polar surface area (TPSA) is 75.1 Å². The number of nitrogens with one attached hydrogen (secondary N) is 1. The maximum Gasteiger partial charge on any atom is 0.298 e. The van der Waals surface area contributed by atoms with Crippen LogP contribution in [0.25, 0.3) is 11.3 Å². The SMILES string of the molecule is CC(O)C(F)(F)c1ccc(CC(=O)Cc2ccc(-c3nccnc3N[C@@H](C)c3ccccc3Cl)cc2F)cc1. The smallest absolute Gasteiger partial charge is 0.298 e. The van der Waals surface area contributed by atoms with Gasteiger partial charge in [0.2, 0.25) is 0 Å². The molecule has 1 heterocycles. The highest BCUT2D eigenvalue weighted by Gasteiger charge is 2.37. The third kappa shape index (κ3) is 6.64.